The minimum atomic E-state index is -3.24. The number of rotatable bonds is 5. The van der Waals surface area contributed by atoms with Crippen LogP contribution < -0.4 is 10.1 Å². The number of ether oxygens (including phenoxy) is 1. The third-order valence-electron chi connectivity index (χ3n) is 3.62. The predicted octanol–water partition coefficient (Wildman–Crippen LogP) is 1.92. The van der Waals surface area contributed by atoms with E-state index < -0.39 is 18.6 Å². The van der Waals surface area contributed by atoms with Gasteiger partial charge in [-0.2, -0.15) is 0 Å². The number of hydrogen-bond donors (Lipinski definition) is 2. The summed E-state index contributed by atoms with van der Waals surface area (Å²) >= 11 is 5.95. The Labute approximate surface area is 127 Å². The Balaban J connectivity index is 2.38. The van der Waals surface area contributed by atoms with Crippen LogP contribution in [0, 0.1) is 0 Å². The van der Waals surface area contributed by atoms with Crippen molar-refractivity contribution in [1.82, 2.24) is 10.2 Å². The summed E-state index contributed by atoms with van der Waals surface area (Å²) in [6.45, 7) is 1.06. The first-order chi connectivity index (χ1) is 9.99. The van der Waals surface area contributed by atoms with Crippen LogP contribution in [0.15, 0.2) is 18.2 Å². The van der Waals surface area contributed by atoms with Crippen molar-refractivity contribution in [3.8, 4) is 5.75 Å². The minimum absolute atomic E-state index is 0.350. The van der Waals surface area contributed by atoms with E-state index in [0.717, 1.165) is 0 Å². The zero-order chi connectivity index (χ0) is 15.5. The van der Waals surface area contributed by atoms with Gasteiger partial charge in [0.1, 0.15) is 18.4 Å². The molecule has 21 heavy (non-hydrogen) atoms. The number of aliphatic hydroxyl groups is 1. The predicted molar refractivity (Wildman–Crippen MR) is 77.2 cm³/mol. The minimum Gasteiger partial charge on any atom is -0.495 e. The summed E-state index contributed by atoms with van der Waals surface area (Å²) in [6, 6.07) is 3.41. The van der Waals surface area contributed by atoms with Crippen molar-refractivity contribution in [3.63, 3.8) is 0 Å². The molecule has 1 heterocycles. The summed E-state index contributed by atoms with van der Waals surface area (Å²) < 4.78 is 33.6. The molecule has 0 spiro atoms. The zero-order valence-electron chi connectivity index (χ0n) is 11.8. The summed E-state index contributed by atoms with van der Waals surface area (Å²) in [5.74, 6) is -2.89. The number of benzene rings is 1. The van der Waals surface area contributed by atoms with Crippen LogP contribution in [0.5, 0.6) is 5.75 Å². The molecule has 1 aromatic carbocycles. The quantitative estimate of drug-likeness (QED) is 0.870. The van der Waals surface area contributed by atoms with Crippen LogP contribution >= 0.6 is 11.6 Å². The van der Waals surface area contributed by atoms with Crippen molar-refractivity contribution in [2.75, 3.05) is 39.9 Å². The molecule has 118 valence electrons. The van der Waals surface area contributed by atoms with Crippen LogP contribution in [0.2, 0.25) is 5.02 Å². The first kappa shape index (κ1) is 16.4. The Morgan fingerprint density at radius 1 is 1.43 bits per heavy atom. The number of piperazine rings is 1. The van der Waals surface area contributed by atoms with Crippen LogP contribution in [-0.4, -0.2) is 55.8 Å². The average molecular weight is 321 g/mol. The van der Waals surface area contributed by atoms with Gasteiger partial charge in [-0.25, -0.2) is 8.78 Å². The molecule has 7 heteroatoms. The Hall–Kier alpha value is -0.950. The Morgan fingerprint density at radius 2 is 2.10 bits per heavy atom. The first-order valence-corrected chi connectivity index (χ1v) is 7.14. The smallest absolute Gasteiger partial charge is 0.289 e. The molecule has 1 atom stereocenters. The van der Waals surface area contributed by atoms with E-state index >= 15 is 0 Å². The molecule has 1 aliphatic rings. The van der Waals surface area contributed by atoms with Gasteiger partial charge in [-0.15, -0.1) is 0 Å². The van der Waals surface area contributed by atoms with Gasteiger partial charge in [0.05, 0.1) is 12.1 Å². The second kappa shape index (κ2) is 6.87. The largest absolute Gasteiger partial charge is 0.495 e. The molecule has 0 radical (unpaired) electrons. The van der Waals surface area contributed by atoms with E-state index in [9.17, 15) is 8.78 Å². The molecule has 0 amide bonds. The standard InChI is InChI=1S/C14H19ClF2N2O2/c1-21-12-8-10(2-3-11(12)15)13(14(16,17)9-20)19-6-4-18-5-7-19/h2-3,8,13,18,20H,4-7,9H2,1H3/t13-/m1/s1. The first-order valence-electron chi connectivity index (χ1n) is 6.76. The van der Waals surface area contributed by atoms with Crippen molar-refractivity contribution in [2.45, 2.75) is 12.0 Å². The molecule has 1 aromatic rings. The molecule has 4 nitrogen and oxygen atoms in total. The molecular weight excluding hydrogens is 302 g/mol. The van der Waals surface area contributed by atoms with Gasteiger partial charge in [0.15, 0.2) is 0 Å². The maximum absolute atomic E-state index is 14.2. The Bertz CT molecular complexity index is 482. The van der Waals surface area contributed by atoms with Gasteiger partial charge in [0.2, 0.25) is 0 Å². The Morgan fingerprint density at radius 3 is 2.67 bits per heavy atom. The molecule has 0 bridgehead atoms. The van der Waals surface area contributed by atoms with Crippen molar-refractivity contribution in [2.24, 2.45) is 0 Å². The van der Waals surface area contributed by atoms with Crippen LogP contribution in [-0.2, 0) is 0 Å². The highest BCUT2D eigenvalue weighted by molar-refractivity contribution is 6.32. The fourth-order valence-electron chi connectivity index (χ4n) is 2.60. The van der Waals surface area contributed by atoms with E-state index in [4.69, 9.17) is 21.4 Å². The lowest BCUT2D eigenvalue weighted by Gasteiger charge is -2.38. The van der Waals surface area contributed by atoms with Crippen LogP contribution in [0.25, 0.3) is 0 Å². The van der Waals surface area contributed by atoms with Gasteiger partial charge in [0.25, 0.3) is 5.92 Å². The molecule has 2 N–H and O–H groups in total. The lowest BCUT2D eigenvalue weighted by atomic mass is 9.98. The van der Waals surface area contributed by atoms with Gasteiger partial charge >= 0.3 is 0 Å². The van der Waals surface area contributed by atoms with E-state index in [1.807, 2.05) is 0 Å². The number of halogens is 3. The highest BCUT2D eigenvalue weighted by atomic mass is 35.5. The maximum Gasteiger partial charge on any atom is 0.289 e. The van der Waals surface area contributed by atoms with E-state index in [2.05, 4.69) is 5.32 Å². The topological polar surface area (TPSA) is 44.7 Å². The van der Waals surface area contributed by atoms with Crippen molar-refractivity contribution >= 4 is 11.6 Å². The molecule has 0 aromatic heterocycles. The second-order valence-electron chi connectivity index (χ2n) is 5.00. The lowest BCUT2D eigenvalue weighted by molar-refractivity contribution is -0.118. The number of hydrogen-bond acceptors (Lipinski definition) is 4. The van der Waals surface area contributed by atoms with Gasteiger partial charge in [-0.1, -0.05) is 17.7 Å². The number of nitrogens with zero attached hydrogens (tertiary/aromatic N) is 1. The monoisotopic (exact) mass is 320 g/mol. The van der Waals surface area contributed by atoms with E-state index in [0.29, 0.717) is 42.5 Å². The second-order valence-corrected chi connectivity index (χ2v) is 5.41. The summed E-state index contributed by atoms with van der Waals surface area (Å²) in [5, 5.41) is 12.6. The highest BCUT2D eigenvalue weighted by Gasteiger charge is 2.44. The molecule has 0 saturated carbocycles. The van der Waals surface area contributed by atoms with E-state index in [1.165, 1.54) is 13.2 Å². The van der Waals surface area contributed by atoms with Gasteiger partial charge in [-0.05, 0) is 17.7 Å². The van der Waals surface area contributed by atoms with Crippen LogP contribution in [0.3, 0.4) is 0 Å². The molecule has 0 aliphatic carbocycles. The van der Waals surface area contributed by atoms with Crippen LogP contribution in [0.1, 0.15) is 11.6 Å². The van der Waals surface area contributed by atoms with E-state index in [1.54, 1.807) is 17.0 Å². The van der Waals surface area contributed by atoms with E-state index in [-0.39, 0.29) is 0 Å². The van der Waals surface area contributed by atoms with Crippen molar-refractivity contribution in [1.29, 1.82) is 0 Å². The fraction of sp³-hybridized carbons (Fsp3) is 0.571. The zero-order valence-corrected chi connectivity index (χ0v) is 12.5. The Kier molecular flexibility index (Phi) is 5.37. The molecule has 2 rings (SSSR count). The normalized spacial score (nSPS) is 18.5. The van der Waals surface area contributed by atoms with Gasteiger partial charge in [0, 0.05) is 26.2 Å². The molecular formula is C14H19ClF2N2O2. The SMILES string of the molecule is COc1cc([C@@H](N2CCNCC2)C(F)(F)CO)ccc1Cl. The summed E-state index contributed by atoms with van der Waals surface area (Å²) in [5.41, 5.74) is 0.386. The summed E-state index contributed by atoms with van der Waals surface area (Å²) in [7, 11) is 1.44. The van der Waals surface area contributed by atoms with Crippen molar-refractivity contribution < 1.29 is 18.6 Å². The number of aliphatic hydroxyl groups excluding tert-OH is 1. The van der Waals surface area contributed by atoms with Gasteiger partial charge < -0.3 is 15.2 Å². The number of methoxy groups -OCH3 is 1. The summed E-state index contributed by atoms with van der Waals surface area (Å²) in [4.78, 5) is 1.68. The van der Waals surface area contributed by atoms with Gasteiger partial charge in [-0.3, -0.25) is 4.90 Å². The third kappa shape index (κ3) is 3.63. The molecule has 1 aliphatic heterocycles. The average Bonchev–Trinajstić information content (AvgIpc) is 2.50. The maximum atomic E-state index is 14.2. The number of nitrogens with one attached hydrogen (secondary N) is 1. The molecule has 1 saturated heterocycles. The van der Waals surface area contributed by atoms with Crippen molar-refractivity contribution in [3.05, 3.63) is 28.8 Å². The van der Waals surface area contributed by atoms with Crippen LogP contribution in [0.4, 0.5) is 8.78 Å². The number of alkyl halides is 2. The molecule has 1 fully saturated rings. The molecule has 0 unspecified atom stereocenters. The third-order valence-corrected chi connectivity index (χ3v) is 3.93. The highest BCUT2D eigenvalue weighted by Crippen LogP contribution is 2.39. The lowest BCUT2D eigenvalue weighted by Crippen LogP contribution is -2.51. The fourth-order valence-corrected chi connectivity index (χ4v) is 2.79. The summed E-state index contributed by atoms with van der Waals surface area (Å²) in [6.07, 6.45) is 0.